The van der Waals surface area contributed by atoms with E-state index in [1.165, 1.54) is 0 Å². The molecule has 0 fully saturated rings. The van der Waals surface area contributed by atoms with Crippen molar-refractivity contribution in [1.82, 2.24) is 15.5 Å². The topological polar surface area (TPSA) is 108 Å². The van der Waals surface area contributed by atoms with Crippen molar-refractivity contribution in [3.05, 3.63) is 65.2 Å². The largest absolute Gasteiger partial charge is 0.507 e. The summed E-state index contributed by atoms with van der Waals surface area (Å²) >= 11 is 0. The number of nitrogens with one attached hydrogen (secondary N) is 2. The van der Waals surface area contributed by atoms with E-state index in [1.54, 1.807) is 50.8 Å². The van der Waals surface area contributed by atoms with E-state index < -0.39 is 47.2 Å². The average Bonchev–Trinajstić information content (AvgIpc) is 2.85. The van der Waals surface area contributed by atoms with Gasteiger partial charge in [-0.2, -0.15) is 0 Å². The Morgan fingerprint density at radius 2 is 1.52 bits per heavy atom. The first kappa shape index (κ1) is 34.7. The number of ether oxygens (including phenoxy) is 1. The Morgan fingerprint density at radius 3 is 2.07 bits per heavy atom. The minimum atomic E-state index is -1.14. The van der Waals surface area contributed by atoms with Gasteiger partial charge < -0.3 is 25.4 Å². The summed E-state index contributed by atoms with van der Waals surface area (Å²) in [6.45, 7) is 18.8. The first-order valence-electron chi connectivity index (χ1n) is 14.9. The highest BCUT2D eigenvalue weighted by molar-refractivity contribution is 5.93. The zero-order chi connectivity index (χ0) is 31.8. The lowest BCUT2D eigenvalue weighted by Crippen LogP contribution is -2.57. The zero-order valence-corrected chi connectivity index (χ0v) is 27.1. The van der Waals surface area contributed by atoms with Gasteiger partial charge in [0.25, 0.3) is 0 Å². The van der Waals surface area contributed by atoms with Crippen molar-refractivity contribution in [2.75, 3.05) is 0 Å². The lowest BCUT2D eigenvalue weighted by Gasteiger charge is -2.40. The fourth-order valence-electron chi connectivity index (χ4n) is 4.75. The number of amides is 3. The van der Waals surface area contributed by atoms with Crippen LogP contribution in [0.1, 0.15) is 97.9 Å². The highest BCUT2D eigenvalue weighted by atomic mass is 16.6. The van der Waals surface area contributed by atoms with E-state index >= 15 is 0 Å². The predicted molar refractivity (Wildman–Crippen MR) is 167 cm³/mol. The molecule has 0 aliphatic rings. The number of aromatic hydroxyl groups is 1. The normalized spacial score (nSPS) is 14.1. The molecule has 0 saturated carbocycles. The highest BCUT2D eigenvalue weighted by Crippen LogP contribution is 2.35. The van der Waals surface area contributed by atoms with E-state index in [1.807, 2.05) is 58.0 Å². The van der Waals surface area contributed by atoms with Crippen molar-refractivity contribution < 1.29 is 24.2 Å². The summed E-state index contributed by atoms with van der Waals surface area (Å²) in [5, 5.41) is 17.0. The molecule has 3 N–H and O–H groups in total. The standard InChI is InChI=1S/C34H51N3O5/c1-22(2)19-20-24(4)37(28(30(39)36-33(5,6)7)26-18-14-15-23(3)29(26)38)31(40)27(21-25-16-12-11-13-17-25)35-32(41)42-34(8,9)10/h11-18,22,24,27-28,38H,19-21H2,1-10H3,(H,35,41)(H,36,39). The highest BCUT2D eigenvalue weighted by Gasteiger charge is 2.41. The first-order chi connectivity index (χ1) is 19.4. The summed E-state index contributed by atoms with van der Waals surface area (Å²) in [6, 6.07) is 12.0. The quantitative estimate of drug-likeness (QED) is 0.283. The Bertz CT molecular complexity index is 1200. The molecule has 8 nitrogen and oxygen atoms in total. The van der Waals surface area contributed by atoms with Crippen LogP contribution in [0.15, 0.2) is 48.5 Å². The monoisotopic (exact) mass is 581 g/mol. The lowest BCUT2D eigenvalue weighted by molar-refractivity contribution is -0.145. The number of phenolic OH excluding ortho intramolecular Hbond substituents is 1. The van der Waals surface area contributed by atoms with Crippen LogP contribution in [0, 0.1) is 12.8 Å². The number of para-hydroxylation sites is 1. The zero-order valence-electron chi connectivity index (χ0n) is 27.1. The number of alkyl carbamates (subject to hydrolysis) is 1. The molecule has 3 atom stereocenters. The molecule has 3 amide bonds. The van der Waals surface area contributed by atoms with Crippen LogP contribution < -0.4 is 10.6 Å². The summed E-state index contributed by atoms with van der Waals surface area (Å²) in [5.41, 5.74) is 0.407. The van der Waals surface area contributed by atoms with Crippen LogP contribution in [-0.2, 0) is 20.7 Å². The number of phenols is 1. The Morgan fingerprint density at radius 1 is 0.905 bits per heavy atom. The van der Waals surface area contributed by atoms with Gasteiger partial charge in [0.2, 0.25) is 11.8 Å². The fraction of sp³-hybridized carbons (Fsp3) is 0.559. The molecular formula is C34H51N3O5. The number of hydrogen-bond acceptors (Lipinski definition) is 5. The van der Waals surface area contributed by atoms with Crippen molar-refractivity contribution >= 4 is 17.9 Å². The molecular weight excluding hydrogens is 530 g/mol. The van der Waals surface area contributed by atoms with Crippen molar-refractivity contribution in [2.45, 2.75) is 118 Å². The minimum Gasteiger partial charge on any atom is -0.507 e. The second-order valence-corrected chi connectivity index (χ2v) is 13.6. The van der Waals surface area contributed by atoms with Crippen molar-refractivity contribution in [1.29, 1.82) is 0 Å². The van der Waals surface area contributed by atoms with E-state index in [0.29, 0.717) is 23.5 Å². The van der Waals surface area contributed by atoms with Crippen LogP contribution in [0.2, 0.25) is 0 Å². The number of benzene rings is 2. The van der Waals surface area contributed by atoms with Gasteiger partial charge in [-0.05, 0) is 85.3 Å². The molecule has 0 saturated heterocycles. The van der Waals surface area contributed by atoms with Crippen LogP contribution in [0.25, 0.3) is 0 Å². The van der Waals surface area contributed by atoms with Crippen molar-refractivity contribution in [3.63, 3.8) is 0 Å². The molecule has 2 rings (SSSR count). The van der Waals surface area contributed by atoms with Crippen LogP contribution in [-0.4, -0.2) is 51.1 Å². The van der Waals surface area contributed by atoms with Gasteiger partial charge in [-0.3, -0.25) is 9.59 Å². The third-order valence-electron chi connectivity index (χ3n) is 6.75. The fourth-order valence-corrected chi connectivity index (χ4v) is 4.75. The molecule has 2 aromatic rings. The van der Waals surface area contributed by atoms with Crippen molar-refractivity contribution in [3.8, 4) is 5.75 Å². The third kappa shape index (κ3) is 10.7. The number of carbonyl (C=O) groups is 3. The molecule has 3 unspecified atom stereocenters. The molecule has 2 aromatic carbocycles. The molecule has 0 aromatic heterocycles. The Kier molecular flexibility index (Phi) is 12.0. The molecule has 232 valence electrons. The number of hydrogen-bond donors (Lipinski definition) is 3. The van der Waals surface area contributed by atoms with Crippen molar-refractivity contribution in [2.24, 2.45) is 5.92 Å². The van der Waals surface area contributed by atoms with Gasteiger partial charge in [-0.15, -0.1) is 0 Å². The molecule has 0 bridgehead atoms. The molecule has 0 aliphatic carbocycles. The summed E-state index contributed by atoms with van der Waals surface area (Å²) in [7, 11) is 0. The van der Waals surface area contributed by atoms with E-state index in [-0.39, 0.29) is 12.2 Å². The first-order valence-corrected chi connectivity index (χ1v) is 14.9. The van der Waals surface area contributed by atoms with Gasteiger partial charge in [0.15, 0.2) is 0 Å². The summed E-state index contributed by atoms with van der Waals surface area (Å²) < 4.78 is 5.53. The van der Waals surface area contributed by atoms with Crippen LogP contribution in [0.5, 0.6) is 5.75 Å². The summed E-state index contributed by atoms with van der Waals surface area (Å²) in [5.74, 6) is -0.515. The van der Waals surface area contributed by atoms with Crippen LogP contribution in [0.3, 0.4) is 0 Å². The molecule has 0 heterocycles. The number of aryl methyl sites for hydroxylation is 1. The molecule has 8 heteroatoms. The molecule has 0 radical (unpaired) electrons. The van der Waals surface area contributed by atoms with Gasteiger partial charge in [0.05, 0.1) is 0 Å². The second-order valence-electron chi connectivity index (χ2n) is 13.6. The smallest absolute Gasteiger partial charge is 0.408 e. The maximum Gasteiger partial charge on any atom is 0.408 e. The third-order valence-corrected chi connectivity index (χ3v) is 6.75. The van der Waals surface area contributed by atoms with E-state index in [4.69, 9.17) is 4.74 Å². The van der Waals surface area contributed by atoms with Gasteiger partial charge in [0.1, 0.15) is 23.4 Å². The minimum absolute atomic E-state index is 0.0415. The lowest BCUT2D eigenvalue weighted by atomic mass is 9.94. The van der Waals surface area contributed by atoms with E-state index in [0.717, 1.165) is 12.0 Å². The Labute approximate surface area is 252 Å². The van der Waals surface area contributed by atoms with E-state index in [9.17, 15) is 19.5 Å². The molecule has 42 heavy (non-hydrogen) atoms. The van der Waals surface area contributed by atoms with Gasteiger partial charge in [-0.25, -0.2) is 4.79 Å². The maximum atomic E-state index is 14.7. The van der Waals surface area contributed by atoms with Crippen LogP contribution >= 0.6 is 0 Å². The van der Waals surface area contributed by atoms with Gasteiger partial charge >= 0.3 is 6.09 Å². The molecule has 0 aliphatic heterocycles. The summed E-state index contributed by atoms with van der Waals surface area (Å²) in [6.07, 6.45) is 0.918. The molecule has 0 spiro atoms. The predicted octanol–water partition coefficient (Wildman–Crippen LogP) is 6.45. The van der Waals surface area contributed by atoms with Crippen LogP contribution in [0.4, 0.5) is 4.79 Å². The van der Waals surface area contributed by atoms with E-state index in [2.05, 4.69) is 24.5 Å². The number of nitrogens with zero attached hydrogens (tertiary/aromatic N) is 1. The Hall–Kier alpha value is -3.55. The maximum absolute atomic E-state index is 14.7. The average molecular weight is 582 g/mol. The second kappa shape index (κ2) is 14.6. The van der Waals surface area contributed by atoms with Gasteiger partial charge in [0, 0.05) is 23.6 Å². The Balaban J connectivity index is 2.72. The van der Waals surface area contributed by atoms with Gasteiger partial charge in [-0.1, -0.05) is 62.4 Å². The number of carbonyl (C=O) groups excluding carboxylic acids is 3. The SMILES string of the molecule is Cc1cccc(C(C(=O)NC(C)(C)C)N(C(=O)C(Cc2ccccc2)NC(=O)OC(C)(C)C)C(C)CCC(C)C)c1O. The number of rotatable bonds is 11. The summed E-state index contributed by atoms with van der Waals surface area (Å²) in [4.78, 5) is 43.3.